The minimum absolute atomic E-state index is 0.0588. The highest BCUT2D eigenvalue weighted by atomic mass is 19.3. The van der Waals surface area contributed by atoms with E-state index < -0.39 is 12.0 Å². The van der Waals surface area contributed by atoms with E-state index in [0.717, 1.165) is 0 Å². The van der Waals surface area contributed by atoms with E-state index in [1.807, 2.05) is 0 Å². The molecule has 0 spiro atoms. The van der Waals surface area contributed by atoms with E-state index in [0.29, 0.717) is 19.5 Å². The average molecular weight is 250 g/mol. The average Bonchev–Trinajstić information content (AvgIpc) is 2.60. The summed E-state index contributed by atoms with van der Waals surface area (Å²) in [5.41, 5.74) is -0.522. The highest BCUT2D eigenvalue weighted by Gasteiger charge is 2.29. The van der Waals surface area contributed by atoms with Crippen LogP contribution < -0.4 is 5.32 Å². The maximum Gasteiger partial charge on any atom is 0.410 e. The molecule has 0 aromatic heterocycles. The minimum atomic E-state index is -2.36. The van der Waals surface area contributed by atoms with Crippen molar-refractivity contribution in [3.8, 4) is 0 Å². The van der Waals surface area contributed by atoms with E-state index >= 15 is 0 Å². The van der Waals surface area contributed by atoms with Crippen LogP contribution in [-0.2, 0) is 4.74 Å². The highest BCUT2D eigenvalue weighted by Crippen LogP contribution is 2.15. The normalized spacial score (nSPS) is 21.1. The number of alkyl halides is 2. The molecule has 0 aromatic rings. The fourth-order valence-corrected chi connectivity index (χ4v) is 1.67. The summed E-state index contributed by atoms with van der Waals surface area (Å²) in [5.74, 6) is 0. The number of rotatable bonds is 3. The first kappa shape index (κ1) is 14.2. The van der Waals surface area contributed by atoms with Crippen molar-refractivity contribution in [1.82, 2.24) is 10.2 Å². The van der Waals surface area contributed by atoms with E-state index in [-0.39, 0.29) is 18.7 Å². The van der Waals surface area contributed by atoms with Crippen molar-refractivity contribution in [2.45, 2.75) is 45.3 Å². The number of ether oxygens (including phenoxy) is 1. The molecule has 1 aliphatic rings. The number of amides is 1. The number of carbonyl (C=O) groups is 1. The van der Waals surface area contributed by atoms with E-state index in [1.54, 1.807) is 25.7 Å². The zero-order chi connectivity index (χ0) is 13.1. The second-order valence-electron chi connectivity index (χ2n) is 5.21. The molecule has 1 amide bonds. The van der Waals surface area contributed by atoms with E-state index in [2.05, 4.69) is 5.32 Å². The Morgan fingerprint density at radius 3 is 2.71 bits per heavy atom. The summed E-state index contributed by atoms with van der Waals surface area (Å²) in [6.07, 6.45) is -2.05. The Morgan fingerprint density at radius 1 is 1.53 bits per heavy atom. The van der Waals surface area contributed by atoms with Gasteiger partial charge in [0.25, 0.3) is 6.43 Å². The molecule has 1 atom stereocenters. The van der Waals surface area contributed by atoms with Crippen LogP contribution in [0.1, 0.15) is 27.2 Å². The molecule has 1 rings (SSSR count). The van der Waals surface area contributed by atoms with Crippen molar-refractivity contribution < 1.29 is 18.3 Å². The van der Waals surface area contributed by atoms with Crippen LogP contribution in [0.15, 0.2) is 0 Å². The molecule has 1 fully saturated rings. The van der Waals surface area contributed by atoms with Crippen LogP contribution in [0.5, 0.6) is 0 Å². The highest BCUT2D eigenvalue weighted by molar-refractivity contribution is 5.68. The van der Waals surface area contributed by atoms with Gasteiger partial charge in [0, 0.05) is 19.1 Å². The van der Waals surface area contributed by atoms with Gasteiger partial charge < -0.3 is 15.0 Å². The monoisotopic (exact) mass is 250 g/mol. The number of nitrogens with one attached hydrogen (secondary N) is 1. The van der Waals surface area contributed by atoms with Gasteiger partial charge in [0.1, 0.15) is 5.60 Å². The Kier molecular flexibility index (Phi) is 4.68. The Hall–Kier alpha value is -0.910. The Bertz CT molecular complexity index is 267. The SMILES string of the molecule is CC(C)(C)OC(=O)N1CC[C@H](NCC(F)F)C1. The molecule has 0 radical (unpaired) electrons. The van der Waals surface area contributed by atoms with Gasteiger partial charge in [0.15, 0.2) is 0 Å². The van der Waals surface area contributed by atoms with Gasteiger partial charge in [-0.05, 0) is 27.2 Å². The molecule has 1 N–H and O–H groups in total. The molecule has 0 aliphatic carbocycles. The summed E-state index contributed by atoms with van der Waals surface area (Å²) in [6, 6.07) is -0.0588. The van der Waals surface area contributed by atoms with Crippen molar-refractivity contribution in [2.24, 2.45) is 0 Å². The summed E-state index contributed by atoms with van der Waals surface area (Å²) < 4.78 is 29.2. The van der Waals surface area contributed by atoms with Crippen molar-refractivity contribution in [1.29, 1.82) is 0 Å². The standard InChI is InChI=1S/C11H20F2N2O2/c1-11(2,3)17-10(16)15-5-4-8(7-15)14-6-9(12)13/h8-9,14H,4-7H2,1-3H3/t8-/m0/s1. The second kappa shape index (κ2) is 5.62. The van der Waals surface area contributed by atoms with Crippen LogP contribution >= 0.6 is 0 Å². The van der Waals surface area contributed by atoms with Gasteiger partial charge in [-0.15, -0.1) is 0 Å². The molecule has 6 heteroatoms. The molecule has 1 heterocycles. The van der Waals surface area contributed by atoms with Crippen LogP contribution in [0.4, 0.5) is 13.6 Å². The molecule has 0 unspecified atom stereocenters. The van der Waals surface area contributed by atoms with Crippen molar-refractivity contribution in [3.63, 3.8) is 0 Å². The lowest BCUT2D eigenvalue weighted by Gasteiger charge is -2.24. The largest absolute Gasteiger partial charge is 0.444 e. The van der Waals surface area contributed by atoms with Gasteiger partial charge in [0.05, 0.1) is 6.54 Å². The van der Waals surface area contributed by atoms with Gasteiger partial charge in [-0.3, -0.25) is 0 Å². The van der Waals surface area contributed by atoms with Crippen LogP contribution in [-0.4, -0.2) is 48.7 Å². The van der Waals surface area contributed by atoms with E-state index in [1.165, 1.54) is 0 Å². The van der Waals surface area contributed by atoms with Crippen LogP contribution in [0, 0.1) is 0 Å². The quantitative estimate of drug-likeness (QED) is 0.831. The van der Waals surface area contributed by atoms with Gasteiger partial charge >= 0.3 is 6.09 Å². The number of hydrogen-bond acceptors (Lipinski definition) is 3. The molecule has 0 saturated carbocycles. The van der Waals surface area contributed by atoms with Gasteiger partial charge in [-0.1, -0.05) is 0 Å². The molecule has 0 bridgehead atoms. The van der Waals surface area contributed by atoms with Crippen LogP contribution in [0.25, 0.3) is 0 Å². The molecular weight excluding hydrogens is 230 g/mol. The van der Waals surface area contributed by atoms with Gasteiger partial charge in [0.2, 0.25) is 0 Å². The molecule has 4 nitrogen and oxygen atoms in total. The molecule has 0 aromatic carbocycles. The lowest BCUT2D eigenvalue weighted by atomic mass is 10.2. The first-order valence-corrected chi connectivity index (χ1v) is 5.77. The fourth-order valence-electron chi connectivity index (χ4n) is 1.67. The first-order chi connectivity index (χ1) is 7.78. The maximum atomic E-state index is 12.0. The number of hydrogen-bond donors (Lipinski definition) is 1. The third kappa shape index (κ3) is 5.30. The number of carbonyl (C=O) groups excluding carboxylic acids is 1. The number of nitrogens with zero attached hydrogens (tertiary/aromatic N) is 1. The smallest absolute Gasteiger partial charge is 0.410 e. The maximum absolute atomic E-state index is 12.0. The zero-order valence-corrected chi connectivity index (χ0v) is 10.5. The van der Waals surface area contributed by atoms with E-state index in [9.17, 15) is 13.6 Å². The predicted molar refractivity (Wildman–Crippen MR) is 60.2 cm³/mol. The Labute approximate surface area is 100 Å². The number of likely N-dealkylation sites (tertiary alicyclic amines) is 1. The summed E-state index contributed by atoms with van der Waals surface area (Å²) in [4.78, 5) is 13.2. The molecular formula is C11H20F2N2O2. The van der Waals surface area contributed by atoms with Crippen molar-refractivity contribution in [3.05, 3.63) is 0 Å². The molecule has 1 aliphatic heterocycles. The second-order valence-corrected chi connectivity index (χ2v) is 5.21. The van der Waals surface area contributed by atoms with Crippen LogP contribution in [0.2, 0.25) is 0 Å². The third-order valence-electron chi connectivity index (χ3n) is 2.40. The summed E-state index contributed by atoms with van der Waals surface area (Å²) in [6.45, 7) is 6.05. The summed E-state index contributed by atoms with van der Waals surface area (Å²) in [7, 11) is 0. The summed E-state index contributed by atoms with van der Waals surface area (Å²) >= 11 is 0. The lowest BCUT2D eigenvalue weighted by Crippen LogP contribution is -2.39. The number of halogens is 2. The van der Waals surface area contributed by atoms with Crippen molar-refractivity contribution in [2.75, 3.05) is 19.6 Å². The summed E-state index contributed by atoms with van der Waals surface area (Å²) in [5, 5.41) is 2.73. The molecule has 1 saturated heterocycles. The third-order valence-corrected chi connectivity index (χ3v) is 2.40. The fraction of sp³-hybridized carbons (Fsp3) is 0.909. The predicted octanol–water partition coefficient (Wildman–Crippen LogP) is 1.85. The van der Waals surface area contributed by atoms with Gasteiger partial charge in [-0.25, -0.2) is 13.6 Å². The molecule has 17 heavy (non-hydrogen) atoms. The Morgan fingerprint density at radius 2 is 2.18 bits per heavy atom. The van der Waals surface area contributed by atoms with Crippen molar-refractivity contribution >= 4 is 6.09 Å². The zero-order valence-electron chi connectivity index (χ0n) is 10.5. The first-order valence-electron chi connectivity index (χ1n) is 5.77. The lowest BCUT2D eigenvalue weighted by molar-refractivity contribution is 0.0290. The van der Waals surface area contributed by atoms with Gasteiger partial charge in [-0.2, -0.15) is 0 Å². The topological polar surface area (TPSA) is 41.6 Å². The van der Waals surface area contributed by atoms with Crippen LogP contribution in [0.3, 0.4) is 0 Å². The minimum Gasteiger partial charge on any atom is -0.444 e. The van der Waals surface area contributed by atoms with E-state index in [4.69, 9.17) is 4.74 Å². The molecule has 100 valence electrons. The Balaban J connectivity index is 2.32.